The van der Waals surface area contributed by atoms with E-state index in [4.69, 9.17) is 0 Å². The van der Waals surface area contributed by atoms with E-state index in [2.05, 4.69) is 32.2 Å². The monoisotopic (exact) mass is 229 g/mol. The minimum absolute atomic E-state index is 0.635. The molecule has 88 valence electrons. The Morgan fingerprint density at radius 2 is 1.94 bits per heavy atom. The van der Waals surface area contributed by atoms with Gasteiger partial charge in [-0.25, -0.2) is 19.9 Å². The average molecular weight is 229 g/mol. The van der Waals surface area contributed by atoms with E-state index in [0.29, 0.717) is 5.82 Å². The molecule has 0 saturated carbocycles. The maximum atomic E-state index is 4.30. The molecular weight excluding hydrogens is 214 g/mol. The zero-order chi connectivity index (χ0) is 12.1. The molecule has 0 spiro atoms. The van der Waals surface area contributed by atoms with Gasteiger partial charge in [0.2, 0.25) is 0 Å². The summed E-state index contributed by atoms with van der Waals surface area (Å²) >= 11 is 0. The van der Waals surface area contributed by atoms with Crippen molar-refractivity contribution in [2.75, 3.05) is 6.54 Å². The molecule has 5 heteroatoms. The lowest BCUT2D eigenvalue weighted by atomic mass is 10.3. The van der Waals surface area contributed by atoms with Crippen LogP contribution in [-0.4, -0.2) is 26.5 Å². The van der Waals surface area contributed by atoms with Gasteiger partial charge >= 0.3 is 0 Å². The summed E-state index contributed by atoms with van der Waals surface area (Å²) in [6.45, 7) is 5.65. The van der Waals surface area contributed by atoms with Gasteiger partial charge in [-0.05, 0) is 19.5 Å². The van der Waals surface area contributed by atoms with Crippen LogP contribution in [-0.2, 0) is 6.54 Å². The second-order valence-corrected chi connectivity index (χ2v) is 3.68. The first-order valence-electron chi connectivity index (χ1n) is 5.61. The quantitative estimate of drug-likeness (QED) is 0.857. The molecule has 0 bridgehead atoms. The Morgan fingerprint density at radius 3 is 2.59 bits per heavy atom. The van der Waals surface area contributed by atoms with Crippen LogP contribution in [0.4, 0.5) is 0 Å². The number of aromatic nitrogens is 4. The zero-order valence-corrected chi connectivity index (χ0v) is 10.0. The maximum absolute atomic E-state index is 4.30. The van der Waals surface area contributed by atoms with Crippen molar-refractivity contribution >= 4 is 0 Å². The first-order chi connectivity index (χ1) is 8.29. The van der Waals surface area contributed by atoms with Gasteiger partial charge in [0, 0.05) is 30.7 Å². The van der Waals surface area contributed by atoms with Crippen LogP contribution in [0.25, 0.3) is 11.5 Å². The standard InChI is InChI=1S/C12H15N5/c1-3-13-6-10-7-15-12(16-8-10)11-4-5-14-9(2)17-11/h4-5,7-8,13H,3,6H2,1-2H3. The Labute approximate surface area is 100 Å². The van der Waals surface area contributed by atoms with Gasteiger partial charge in [0.25, 0.3) is 0 Å². The summed E-state index contributed by atoms with van der Waals surface area (Å²) in [4.78, 5) is 16.9. The molecule has 1 N–H and O–H groups in total. The minimum atomic E-state index is 0.635. The Morgan fingerprint density at radius 1 is 1.18 bits per heavy atom. The average Bonchev–Trinajstić information content (AvgIpc) is 2.37. The van der Waals surface area contributed by atoms with Crippen molar-refractivity contribution in [1.82, 2.24) is 25.3 Å². The molecule has 17 heavy (non-hydrogen) atoms. The molecule has 2 aromatic heterocycles. The predicted octanol–water partition coefficient (Wildman–Crippen LogP) is 1.35. The van der Waals surface area contributed by atoms with Gasteiger partial charge in [-0.15, -0.1) is 0 Å². The summed E-state index contributed by atoms with van der Waals surface area (Å²) in [5.41, 5.74) is 1.83. The van der Waals surface area contributed by atoms with Gasteiger partial charge in [0.1, 0.15) is 11.5 Å². The van der Waals surface area contributed by atoms with Gasteiger partial charge in [-0.1, -0.05) is 6.92 Å². The van der Waals surface area contributed by atoms with Gasteiger partial charge in [-0.3, -0.25) is 0 Å². The molecule has 0 saturated heterocycles. The van der Waals surface area contributed by atoms with Crippen LogP contribution in [0.15, 0.2) is 24.7 Å². The molecule has 2 rings (SSSR count). The number of hydrogen-bond donors (Lipinski definition) is 1. The fourth-order valence-electron chi connectivity index (χ4n) is 1.43. The number of aryl methyl sites for hydroxylation is 1. The van der Waals surface area contributed by atoms with Crippen molar-refractivity contribution < 1.29 is 0 Å². The van der Waals surface area contributed by atoms with Crippen LogP contribution < -0.4 is 5.32 Å². The topological polar surface area (TPSA) is 63.6 Å². The van der Waals surface area contributed by atoms with Crippen LogP contribution in [0.5, 0.6) is 0 Å². The lowest BCUT2D eigenvalue weighted by Crippen LogP contribution is -2.12. The molecule has 2 aromatic rings. The maximum Gasteiger partial charge on any atom is 0.178 e. The van der Waals surface area contributed by atoms with E-state index in [0.717, 1.165) is 30.2 Å². The van der Waals surface area contributed by atoms with Crippen molar-refractivity contribution in [3.8, 4) is 11.5 Å². The summed E-state index contributed by atoms with van der Waals surface area (Å²) in [5, 5.41) is 3.23. The summed E-state index contributed by atoms with van der Waals surface area (Å²) in [7, 11) is 0. The van der Waals surface area contributed by atoms with Crippen molar-refractivity contribution in [3.63, 3.8) is 0 Å². The van der Waals surface area contributed by atoms with Gasteiger partial charge in [-0.2, -0.15) is 0 Å². The van der Waals surface area contributed by atoms with E-state index in [1.54, 1.807) is 6.20 Å². The van der Waals surface area contributed by atoms with Crippen LogP contribution in [0.3, 0.4) is 0 Å². The molecule has 0 atom stereocenters. The first kappa shape index (κ1) is 11.6. The zero-order valence-electron chi connectivity index (χ0n) is 10.0. The van der Waals surface area contributed by atoms with Gasteiger partial charge in [0.15, 0.2) is 5.82 Å². The minimum Gasteiger partial charge on any atom is -0.313 e. The number of nitrogens with one attached hydrogen (secondary N) is 1. The summed E-state index contributed by atoms with van der Waals surface area (Å²) in [6.07, 6.45) is 5.36. The Hall–Kier alpha value is -1.88. The number of nitrogens with zero attached hydrogens (tertiary/aromatic N) is 4. The summed E-state index contributed by atoms with van der Waals surface area (Å²) < 4.78 is 0. The normalized spacial score (nSPS) is 10.5. The van der Waals surface area contributed by atoms with Gasteiger partial charge < -0.3 is 5.32 Å². The third-order valence-electron chi connectivity index (χ3n) is 2.29. The van der Waals surface area contributed by atoms with Crippen molar-refractivity contribution in [2.24, 2.45) is 0 Å². The van der Waals surface area contributed by atoms with Crippen molar-refractivity contribution in [2.45, 2.75) is 20.4 Å². The number of hydrogen-bond acceptors (Lipinski definition) is 5. The largest absolute Gasteiger partial charge is 0.313 e. The Bertz CT molecular complexity index is 481. The molecule has 0 amide bonds. The lowest BCUT2D eigenvalue weighted by Gasteiger charge is -2.03. The smallest absolute Gasteiger partial charge is 0.178 e. The predicted molar refractivity (Wildman–Crippen MR) is 65.2 cm³/mol. The Kier molecular flexibility index (Phi) is 3.72. The molecule has 0 aliphatic carbocycles. The first-order valence-corrected chi connectivity index (χ1v) is 5.61. The highest BCUT2D eigenvalue weighted by atomic mass is 14.9. The summed E-state index contributed by atoms with van der Waals surface area (Å²) in [6, 6.07) is 1.81. The van der Waals surface area contributed by atoms with Crippen molar-refractivity contribution in [3.05, 3.63) is 36.0 Å². The molecule has 0 unspecified atom stereocenters. The molecular formula is C12H15N5. The molecule has 5 nitrogen and oxygen atoms in total. The molecule has 0 radical (unpaired) electrons. The third-order valence-corrected chi connectivity index (χ3v) is 2.29. The van der Waals surface area contributed by atoms with E-state index >= 15 is 0 Å². The second kappa shape index (κ2) is 5.45. The molecule has 0 fully saturated rings. The van der Waals surface area contributed by atoms with E-state index in [1.807, 2.05) is 25.4 Å². The van der Waals surface area contributed by atoms with Crippen LogP contribution >= 0.6 is 0 Å². The van der Waals surface area contributed by atoms with E-state index in [9.17, 15) is 0 Å². The molecule has 2 heterocycles. The second-order valence-electron chi connectivity index (χ2n) is 3.68. The summed E-state index contributed by atoms with van der Waals surface area (Å²) in [5.74, 6) is 1.36. The van der Waals surface area contributed by atoms with Gasteiger partial charge in [0.05, 0.1) is 0 Å². The van der Waals surface area contributed by atoms with Crippen LogP contribution in [0.2, 0.25) is 0 Å². The molecule has 0 aliphatic heterocycles. The SMILES string of the molecule is CCNCc1cnc(-c2ccnc(C)n2)nc1. The highest BCUT2D eigenvalue weighted by Crippen LogP contribution is 2.10. The molecule has 0 aliphatic rings. The van der Waals surface area contributed by atoms with Crippen molar-refractivity contribution in [1.29, 1.82) is 0 Å². The number of rotatable bonds is 4. The fourth-order valence-corrected chi connectivity index (χ4v) is 1.43. The van der Waals surface area contributed by atoms with Crippen LogP contribution in [0, 0.1) is 6.92 Å². The lowest BCUT2D eigenvalue weighted by molar-refractivity contribution is 0.721. The Balaban J connectivity index is 2.17. The molecule has 0 aromatic carbocycles. The highest BCUT2D eigenvalue weighted by molar-refractivity contribution is 5.47. The van der Waals surface area contributed by atoms with E-state index in [-0.39, 0.29) is 0 Å². The van der Waals surface area contributed by atoms with Crippen LogP contribution in [0.1, 0.15) is 18.3 Å². The van der Waals surface area contributed by atoms with E-state index in [1.165, 1.54) is 0 Å². The van der Waals surface area contributed by atoms with E-state index < -0.39 is 0 Å². The highest BCUT2D eigenvalue weighted by Gasteiger charge is 2.03. The fraction of sp³-hybridized carbons (Fsp3) is 0.333. The third kappa shape index (κ3) is 3.04.